The van der Waals surface area contributed by atoms with Gasteiger partial charge in [-0.25, -0.2) is 4.98 Å². The smallest absolute Gasteiger partial charge is 0.170 e. The zero-order chi connectivity index (χ0) is 29.0. The molecule has 0 unspecified atom stereocenters. The summed E-state index contributed by atoms with van der Waals surface area (Å²) in [7, 11) is 0. The van der Waals surface area contributed by atoms with Gasteiger partial charge in [-0.15, -0.1) is 11.3 Å². The van der Waals surface area contributed by atoms with Gasteiger partial charge in [-0.1, -0.05) is 35.5 Å². The lowest BCUT2D eigenvalue weighted by molar-refractivity contribution is 0.0385. The van der Waals surface area contributed by atoms with E-state index in [2.05, 4.69) is 46.5 Å². The van der Waals surface area contributed by atoms with Gasteiger partial charge in [0.2, 0.25) is 0 Å². The summed E-state index contributed by atoms with van der Waals surface area (Å²) in [5.74, 6) is 1.72. The number of morpholine rings is 1. The van der Waals surface area contributed by atoms with Crippen LogP contribution in [-0.2, 0) is 11.2 Å². The molecule has 2 heterocycles. The maximum atomic E-state index is 8.75. The van der Waals surface area contributed by atoms with Crippen LogP contribution in [0.5, 0.6) is 11.5 Å². The number of nitrogens with two attached hydrogens (primary N) is 1. The van der Waals surface area contributed by atoms with Crippen molar-refractivity contribution in [1.29, 1.82) is 0 Å². The maximum Gasteiger partial charge on any atom is 0.170 e. The van der Waals surface area contributed by atoms with Crippen molar-refractivity contribution in [3.63, 3.8) is 0 Å². The summed E-state index contributed by atoms with van der Waals surface area (Å²) < 4.78 is 17.3. The van der Waals surface area contributed by atoms with Crippen LogP contribution in [0.2, 0.25) is 0 Å². The van der Waals surface area contributed by atoms with Crippen molar-refractivity contribution < 1.29 is 19.4 Å². The highest BCUT2D eigenvalue weighted by atomic mass is 32.1. The highest BCUT2D eigenvalue weighted by molar-refractivity contribution is 7.15. The molecule has 0 radical (unpaired) electrons. The number of benzene rings is 3. The van der Waals surface area contributed by atoms with E-state index in [1.807, 2.05) is 30.3 Å². The second-order valence-corrected chi connectivity index (χ2v) is 11.2. The van der Waals surface area contributed by atoms with Crippen LogP contribution in [0.25, 0.3) is 21.8 Å². The first kappa shape index (κ1) is 29.6. The van der Waals surface area contributed by atoms with Crippen LogP contribution in [0.4, 0.5) is 0 Å². The number of unbranched alkanes of at least 4 members (excludes halogenated alkanes) is 2. The Morgan fingerprint density at radius 1 is 0.857 bits per heavy atom. The molecular formula is C33H38N4O4S. The number of thiazole rings is 1. The molecule has 1 fully saturated rings. The van der Waals surface area contributed by atoms with Crippen molar-refractivity contribution in [2.75, 3.05) is 46.1 Å². The molecule has 8 nitrogen and oxygen atoms in total. The average Bonchev–Trinajstić information content (AvgIpc) is 3.49. The van der Waals surface area contributed by atoms with E-state index >= 15 is 0 Å². The zero-order valence-electron chi connectivity index (χ0n) is 23.8. The zero-order valence-corrected chi connectivity index (χ0v) is 24.6. The Balaban J connectivity index is 1.10. The minimum atomic E-state index is 0.0840. The molecule has 1 aliphatic heterocycles. The Morgan fingerprint density at radius 3 is 2.14 bits per heavy atom. The third-order valence-corrected chi connectivity index (χ3v) is 8.35. The van der Waals surface area contributed by atoms with E-state index in [1.54, 1.807) is 23.5 Å². The van der Waals surface area contributed by atoms with E-state index in [-0.39, 0.29) is 5.84 Å². The number of nitrogens with zero attached hydrogens (tertiary/aromatic N) is 3. The Morgan fingerprint density at radius 2 is 1.50 bits per heavy atom. The van der Waals surface area contributed by atoms with E-state index < -0.39 is 0 Å². The Labute approximate surface area is 251 Å². The maximum absolute atomic E-state index is 8.75. The molecule has 1 aromatic heterocycles. The number of oxime groups is 1. The van der Waals surface area contributed by atoms with Crippen LogP contribution in [0.3, 0.4) is 0 Å². The fourth-order valence-electron chi connectivity index (χ4n) is 4.78. The standard InChI is InChI=1S/C33H38N4O4S/c34-32(36-38)26-11-15-29(16-12-26)41-22-6-2-5-21-40-28-13-9-25(10-14-28)31-30(17-18-37-19-23-39-24-20-37)42-33(35-31)27-7-3-1-4-8-27/h1,3-4,7-16,38H,2,5-6,17-24H2,(H2,34,36). The number of hydrogen-bond acceptors (Lipinski definition) is 8. The minimum Gasteiger partial charge on any atom is -0.494 e. The number of rotatable bonds is 14. The topological polar surface area (TPSA) is 102 Å². The van der Waals surface area contributed by atoms with Gasteiger partial charge in [0.05, 0.1) is 32.1 Å². The van der Waals surface area contributed by atoms with Gasteiger partial charge in [0.1, 0.15) is 16.5 Å². The number of aromatic nitrogens is 1. The molecule has 0 saturated carbocycles. The van der Waals surface area contributed by atoms with Gasteiger partial charge in [0, 0.05) is 41.2 Å². The Kier molecular flexibility index (Phi) is 10.8. The largest absolute Gasteiger partial charge is 0.494 e. The molecule has 42 heavy (non-hydrogen) atoms. The van der Waals surface area contributed by atoms with Crippen LogP contribution in [0.15, 0.2) is 84.0 Å². The molecule has 4 aromatic rings. The van der Waals surface area contributed by atoms with E-state index in [1.165, 1.54) is 4.88 Å². The molecule has 9 heteroatoms. The van der Waals surface area contributed by atoms with Gasteiger partial charge in [-0.3, -0.25) is 4.90 Å². The highest BCUT2D eigenvalue weighted by Gasteiger charge is 2.17. The van der Waals surface area contributed by atoms with Crippen LogP contribution in [-0.4, -0.2) is 67.0 Å². The molecule has 0 aliphatic carbocycles. The summed E-state index contributed by atoms with van der Waals surface area (Å²) in [6.45, 7) is 5.91. The molecule has 0 amide bonds. The van der Waals surface area contributed by atoms with Gasteiger partial charge in [0.25, 0.3) is 0 Å². The predicted octanol–water partition coefficient (Wildman–Crippen LogP) is 6.07. The van der Waals surface area contributed by atoms with Gasteiger partial charge >= 0.3 is 0 Å². The van der Waals surface area contributed by atoms with Crippen molar-refractivity contribution in [3.05, 3.63) is 89.3 Å². The number of ether oxygens (including phenoxy) is 3. The molecular weight excluding hydrogens is 548 g/mol. The van der Waals surface area contributed by atoms with Gasteiger partial charge in [-0.2, -0.15) is 0 Å². The summed E-state index contributed by atoms with van der Waals surface area (Å²) in [5.41, 5.74) is 9.59. The predicted molar refractivity (Wildman–Crippen MR) is 168 cm³/mol. The van der Waals surface area contributed by atoms with Crippen molar-refractivity contribution in [1.82, 2.24) is 9.88 Å². The lowest BCUT2D eigenvalue weighted by Crippen LogP contribution is -2.37. The molecule has 1 aliphatic rings. The fourth-order valence-corrected chi connectivity index (χ4v) is 5.86. The molecule has 0 spiro atoms. The first-order chi connectivity index (χ1) is 20.7. The summed E-state index contributed by atoms with van der Waals surface area (Å²) in [6, 6.07) is 25.9. The van der Waals surface area contributed by atoms with Gasteiger partial charge in [-0.05, 0) is 74.2 Å². The van der Waals surface area contributed by atoms with Crippen molar-refractivity contribution in [3.8, 4) is 33.3 Å². The molecule has 1 saturated heterocycles. The van der Waals surface area contributed by atoms with Gasteiger partial charge < -0.3 is 25.2 Å². The summed E-state index contributed by atoms with van der Waals surface area (Å²) in [5, 5.41) is 12.8. The number of amidine groups is 1. The molecule has 3 N–H and O–H groups in total. The van der Waals surface area contributed by atoms with Crippen LogP contribution in [0.1, 0.15) is 29.7 Å². The lowest BCUT2D eigenvalue weighted by atomic mass is 10.1. The van der Waals surface area contributed by atoms with Crippen LogP contribution < -0.4 is 15.2 Å². The van der Waals surface area contributed by atoms with Gasteiger partial charge in [0.15, 0.2) is 5.84 Å². The first-order valence-corrected chi connectivity index (χ1v) is 15.3. The quantitative estimate of drug-likeness (QED) is 0.0608. The minimum absolute atomic E-state index is 0.0840. The molecule has 220 valence electrons. The van der Waals surface area contributed by atoms with E-state index in [4.69, 9.17) is 30.1 Å². The average molecular weight is 587 g/mol. The molecule has 5 rings (SSSR count). The Hall–Kier alpha value is -3.92. The summed E-state index contributed by atoms with van der Waals surface area (Å²) in [6.07, 6.45) is 3.87. The SMILES string of the molecule is N/C(=N\O)c1ccc(OCCCCCOc2ccc(-c3nc(-c4ccccc4)sc3CCN3CCOCC3)cc2)cc1. The lowest BCUT2D eigenvalue weighted by Gasteiger charge is -2.26. The molecule has 0 bridgehead atoms. The second-order valence-electron chi connectivity index (χ2n) is 10.2. The van der Waals surface area contributed by atoms with Crippen molar-refractivity contribution in [2.24, 2.45) is 10.9 Å². The van der Waals surface area contributed by atoms with Crippen molar-refractivity contribution >= 4 is 17.2 Å². The fraction of sp³-hybridized carbons (Fsp3) is 0.333. The second kappa shape index (κ2) is 15.3. The third-order valence-electron chi connectivity index (χ3n) is 7.19. The summed E-state index contributed by atoms with van der Waals surface area (Å²) in [4.78, 5) is 8.88. The summed E-state index contributed by atoms with van der Waals surface area (Å²) >= 11 is 1.80. The highest BCUT2D eigenvalue weighted by Crippen LogP contribution is 2.35. The van der Waals surface area contributed by atoms with E-state index in [9.17, 15) is 0 Å². The normalized spacial score (nSPS) is 14.1. The first-order valence-electron chi connectivity index (χ1n) is 14.5. The third kappa shape index (κ3) is 8.31. The van der Waals surface area contributed by atoms with Crippen LogP contribution in [0, 0.1) is 0 Å². The van der Waals surface area contributed by atoms with Crippen molar-refractivity contribution in [2.45, 2.75) is 25.7 Å². The Bertz CT molecular complexity index is 1400. The van der Waals surface area contributed by atoms with Crippen LogP contribution >= 0.6 is 11.3 Å². The van der Waals surface area contributed by atoms with E-state index in [0.717, 1.165) is 91.9 Å². The molecule has 0 atom stereocenters. The molecule has 3 aromatic carbocycles. The van der Waals surface area contributed by atoms with E-state index in [0.29, 0.717) is 18.8 Å². The number of hydrogen-bond donors (Lipinski definition) is 2. The monoisotopic (exact) mass is 586 g/mol.